The Bertz CT molecular complexity index is 1120. The number of anilines is 1. The van der Waals surface area contributed by atoms with Crippen LogP contribution < -0.4 is 4.90 Å². The lowest BCUT2D eigenvalue weighted by atomic mass is 10.0. The first-order chi connectivity index (χ1) is 12.5. The van der Waals surface area contributed by atoms with E-state index in [0.29, 0.717) is 11.3 Å². The fourth-order valence-corrected chi connectivity index (χ4v) is 4.16. The maximum atomic E-state index is 10.1. The number of fused-ring (bicyclic) bond motifs is 2. The minimum atomic E-state index is -0.138. The van der Waals surface area contributed by atoms with Crippen molar-refractivity contribution in [1.29, 1.82) is 0 Å². The average Bonchev–Trinajstić information content (AvgIpc) is 3.20. The summed E-state index contributed by atoms with van der Waals surface area (Å²) in [6.45, 7) is -0.165. The first-order valence-corrected chi connectivity index (χ1v) is 8.97. The molecule has 0 amide bonds. The van der Waals surface area contributed by atoms with Gasteiger partial charge in [-0.3, -0.25) is 4.68 Å². The number of rotatable bonds is 4. The molecule has 0 aliphatic heterocycles. The summed E-state index contributed by atoms with van der Waals surface area (Å²) in [6.07, 6.45) is 3.65. The fourth-order valence-electron chi connectivity index (χ4n) is 3.27. The molecule has 0 bridgehead atoms. The number of hydrogen-bond donors (Lipinski definition) is 2. The van der Waals surface area contributed by atoms with Gasteiger partial charge in [0.25, 0.3) is 0 Å². The maximum absolute atomic E-state index is 10.1. The molecular formula is C18H19N5O2S. The molecule has 0 fully saturated rings. The zero-order chi connectivity index (χ0) is 18.4. The van der Waals surface area contributed by atoms with Gasteiger partial charge in [-0.25, -0.2) is 9.97 Å². The van der Waals surface area contributed by atoms with Crippen LogP contribution >= 0.6 is 11.3 Å². The summed E-state index contributed by atoms with van der Waals surface area (Å²) in [6, 6.07) is 3.93. The van der Waals surface area contributed by atoms with Crippen LogP contribution in [-0.4, -0.2) is 44.1 Å². The number of pyridine rings is 2. The SMILES string of the molecule is CN(C)c1c(CO)c(-c2cnc3nn(C)cc3c2)nc2sc(CO)cc12. The second-order valence-corrected chi connectivity index (χ2v) is 7.48. The molecule has 4 aromatic heterocycles. The van der Waals surface area contributed by atoms with Crippen molar-refractivity contribution < 1.29 is 10.2 Å². The van der Waals surface area contributed by atoms with Gasteiger partial charge in [0.15, 0.2) is 5.65 Å². The Hall–Kier alpha value is -2.55. The first kappa shape index (κ1) is 16.9. The summed E-state index contributed by atoms with van der Waals surface area (Å²) in [5.74, 6) is 0. The quantitative estimate of drug-likeness (QED) is 0.574. The molecule has 4 heterocycles. The molecule has 0 aliphatic carbocycles. The molecule has 0 aliphatic rings. The van der Waals surface area contributed by atoms with Gasteiger partial charge in [0.05, 0.1) is 24.6 Å². The van der Waals surface area contributed by atoms with Crippen molar-refractivity contribution in [3.63, 3.8) is 0 Å². The minimum absolute atomic E-state index is 0.0269. The van der Waals surface area contributed by atoms with E-state index in [9.17, 15) is 10.2 Å². The molecule has 0 atom stereocenters. The molecule has 0 aromatic carbocycles. The van der Waals surface area contributed by atoms with Gasteiger partial charge in [-0.2, -0.15) is 5.10 Å². The van der Waals surface area contributed by atoms with Gasteiger partial charge in [0.1, 0.15) is 4.83 Å². The summed E-state index contributed by atoms with van der Waals surface area (Å²) < 4.78 is 1.73. The Morgan fingerprint density at radius 2 is 2.00 bits per heavy atom. The fraction of sp³-hybridized carbons (Fsp3) is 0.278. The van der Waals surface area contributed by atoms with E-state index in [4.69, 9.17) is 4.98 Å². The number of thiophene rings is 1. The van der Waals surface area contributed by atoms with Crippen LogP contribution in [0.25, 0.3) is 32.5 Å². The molecule has 134 valence electrons. The molecule has 8 heteroatoms. The van der Waals surface area contributed by atoms with Gasteiger partial charge in [-0.05, 0) is 12.1 Å². The monoisotopic (exact) mass is 369 g/mol. The van der Waals surface area contributed by atoms with Crippen LogP contribution in [0.4, 0.5) is 5.69 Å². The van der Waals surface area contributed by atoms with Crippen molar-refractivity contribution in [2.24, 2.45) is 7.05 Å². The van der Waals surface area contributed by atoms with Crippen molar-refractivity contribution in [2.45, 2.75) is 13.2 Å². The smallest absolute Gasteiger partial charge is 0.181 e. The Morgan fingerprint density at radius 1 is 1.19 bits per heavy atom. The van der Waals surface area contributed by atoms with Gasteiger partial charge in [0.2, 0.25) is 0 Å². The summed E-state index contributed by atoms with van der Waals surface area (Å²) in [5, 5.41) is 25.8. The standard InChI is InChI=1S/C18H19N5O2S/c1-22(2)16-13-5-12(8-24)26-18(13)20-15(14(16)9-25)10-4-11-7-23(3)21-17(11)19-6-10/h4-7,24-25H,8-9H2,1-3H3. The second kappa shape index (κ2) is 6.31. The lowest BCUT2D eigenvalue weighted by Crippen LogP contribution is -2.13. The van der Waals surface area contributed by atoms with Crippen LogP contribution in [0.1, 0.15) is 10.4 Å². The van der Waals surface area contributed by atoms with E-state index < -0.39 is 0 Å². The third-order valence-electron chi connectivity index (χ3n) is 4.31. The molecular weight excluding hydrogens is 350 g/mol. The molecule has 0 unspecified atom stereocenters. The lowest BCUT2D eigenvalue weighted by molar-refractivity contribution is 0.282. The van der Waals surface area contributed by atoms with Gasteiger partial charge in [-0.1, -0.05) is 0 Å². The van der Waals surface area contributed by atoms with E-state index in [1.54, 1.807) is 10.9 Å². The highest BCUT2D eigenvalue weighted by atomic mass is 32.1. The minimum Gasteiger partial charge on any atom is -0.392 e. The van der Waals surface area contributed by atoms with Crippen LogP contribution in [0.2, 0.25) is 0 Å². The second-order valence-electron chi connectivity index (χ2n) is 6.37. The van der Waals surface area contributed by atoms with Gasteiger partial charge < -0.3 is 15.1 Å². The molecule has 0 radical (unpaired) electrons. The van der Waals surface area contributed by atoms with E-state index in [1.807, 2.05) is 44.4 Å². The van der Waals surface area contributed by atoms with Gasteiger partial charge in [0, 0.05) is 60.3 Å². The number of aromatic nitrogens is 4. The largest absolute Gasteiger partial charge is 0.392 e. The molecule has 26 heavy (non-hydrogen) atoms. The summed E-state index contributed by atoms with van der Waals surface area (Å²) in [5.41, 5.74) is 3.87. The van der Waals surface area contributed by atoms with Crippen molar-refractivity contribution >= 4 is 38.3 Å². The average molecular weight is 369 g/mol. The van der Waals surface area contributed by atoms with Gasteiger partial charge >= 0.3 is 0 Å². The number of hydrogen-bond acceptors (Lipinski definition) is 7. The van der Waals surface area contributed by atoms with Crippen molar-refractivity contribution in [1.82, 2.24) is 19.7 Å². The highest BCUT2D eigenvalue weighted by Gasteiger charge is 2.20. The van der Waals surface area contributed by atoms with E-state index >= 15 is 0 Å². The van der Waals surface area contributed by atoms with E-state index in [0.717, 1.165) is 37.3 Å². The predicted octanol–water partition coefficient (Wildman–Crippen LogP) is 2.30. The zero-order valence-electron chi connectivity index (χ0n) is 14.8. The molecule has 4 rings (SSSR count). The van der Waals surface area contributed by atoms with Crippen molar-refractivity contribution in [2.75, 3.05) is 19.0 Å². The Labute approximate surface area is 154 Å². The Morgan fingerprint density at radius 3 is 2.69 bits per heavy atom. The zero-order valence-corrected chi connectivity index (χ0v) is 15.6. The van der Waals surface area contributed by atoms with Crippen LogP contribution in [0, 0.1) is 0 Å². The molecule has 2 N–H and O–H groups in total. The number of aliphatic hydroxyl groups is 2. The van der Waals surface area contributed by atoms with E-state index in [2.05, 4.69) is 10.1 Å². The molecule has 7 nitrogen and oxygen atoms in total. The maximum Gasteiger partial charge on any atom is 0.181 e. The van der Waals surface area contributed by atoms with Crippen molar-refractivity contribution in [3.8, 4) is 11.3 Å². The van der Waals surface area contributed by atoms with Gasteiger partial charge in [-0.15, -0.1) is 11.3 Å². The number of aliphatic hydroxyl groups excluding tert-OH is 2. The third-order valence-corrected chi connectivity index (χ3v) is 5.33. The van der Waals surface area contributed by atoms with E-state index in [1.165, 1.54) is 11.3 Å². The summed E-state index contributed by atoms with van der Waals surface area (Å²) in [7, 11) is 5.74. The van der Waals surface area contributed by atoms with Crippen LogP contribution in [-0.2, 0) is 20.3 Å². The highest BCUT2D eigenvalue weighted by Crippen LogP contribution is 2.39. The summed E-state index contributed by atoms with van der Waals surface area (Å²) in [4.78, 5) is 12.9. The van der Waals surface area contributed by atoms with Crippen LogP contribution in [0.3, 0.4) is 0 Å². The third kappa shape index (κ3) is 2.63. The number of nitrogens with zero attached hydrogens (tertiary/aromatic N) is 5. The molecule has 0 saturated carbocycles. The Kier molecular flexibility index (Phi) is 4.10. The molecule has 0 saturated heterocycles. The highest BCUT2D eigenvalue weighted by molar-refractivity contribution is 7.18. The van der Waals surface area contributed by atoms with E-state index in [-0.39, 0.29) is 13.2 Å². The molecule has 0 spiro atoms. The predicted molar refractivity (Wildman–Crippen MR) is 103 cm³/mol. The van der Waals surface area contributed by atoms with Crippen LogP contribution in [0.15, 0.2) is 24.5 Å². The number of aryl methyl sites for hydroxylation is 1. The van der Waals surface area contributed by atoms with Crippen molar-refractivity contribution in [3.05, 3.63) is 35.0 Å². The first-order valence-electron chi connectivity index (χ1n) is 8.16. The molecule has 4 aromatic rings. The normalized spacial score (nSPS) is 11.6. The Balaban J connectivity index is 2.03. The van der Waals surface area contributed by atoms with Crippen LogP contribution in [0.5, 0.6) is 0 Å². The lowest BCUT2D eigenvalue weighted by Gasteiger charge is -2.20. The topological polar surface area (TPSA) is 87.3 Å². The summed E-state index contributed by atoms with van der Waals surface area (Å²) >= 11 is 1.46.